The van der Waals surface area contributed by atoms with E-state index in [0.29, 0.717) is 49.1 Å². The molecule has 1 aromatic carbocycles. The Bertz CT molecular complexity index is 1010. The number of rotatable bonds is 6. The van der Waals surface area contributed by atoms with Crippen LogP contribution in [-0.4, -0.2) is 41.7 Å². The number of alkyl halides is 2. The second kappa shape index (κ2) is 8.60. The summed E-state index contributed by atoms with van der Waals surface area (Å²) in [5, 5.41) is 6.86. The van der Waals surface area contributed by atoms with Crippen molar-refractivity contribution in [3.63, 3.8) is 0 Å². The van der Waals surface area contributed by atoms with Gasteiger partial charge in [-0.1, -0.05) is 5.16 Å². The molecule has 0 unspecified atom stereocenters. The van der Waals surface area contributed by atoms with Gasteiger partial charge < -0.3 is 19.5 Å². The minimum atomic E-state index is -2.29. The van der Waals surface area contributed by atoms with Gasteiger partial charge in [-0.05, 0) is 31.0 Å². The predicted molar refractivity (Wildman–Crippen MR) is 105 cm³/mol. The lowest BCUT2D eigenvalue weighted by atomic mass is 9.98. The first-order valence-electron chi connectivity index (χ1n) is 9.47. The molecular weight excluding hydrogens is 399 g/mol. The zero-order chi connectivity index (χ0) is 21.1. The fourth-order valence-electron chi connectivity index (χ4n) is 3.34. The Hall–Kier alpha value is -3.30. The minimum Gasteiger partial charge on any atom is -0.497 e. The summed E-state index contributed by atoms with van der Waals surface area (Å²) >= 11 is 0. The Morgan fingerprint density at radius 2 is 2.00 bits per heavy atom. The molecule has 7 nitrogen and oxygen atoms in total. The van der Waals surface area contributed by atoms with Crippen molar-refractivity contribution in [3.05, 3.63) is 42.3 Å². The van der Waals surface area contributed by atoms with Gasteiger partial charge in [0.05, 0.1) is 7.11 Å². The highest BCUT2D eigenvalue weighted by Gasteiger charge is 2.27. The average molecular weight is 419 g/mol. The van der Waals surface area contributed by atoms with E-state index in [1.807, 2.05) is 4.90 Å². The summed E-state index contributed by atoms with van der Waals surface area (Å²) in [5.41, 5.74) is 0.596. The third-order valence-corrected chi connectivity index (χ3v) is 5.04. The molecule has 0 atom stereocenters. The topological polar surface area (TPSA) is 76.3 Å². The van der Waals surface area contributed by atoms with E-state index >= 15 is 0 Å². The Morgan fingerprint density at radius 1 is 1.20 bits per heavy atom. The van der Waals surface area contributed by atoms with Gasteiger partial charge in [0, 0.05) is 42.9 Å². The van der Waals surface area contributed by atoms with Gasteiger partial charge in [0.2, 0.25) is 18.3 Å². The van der Waals surface area contributed by atoms with E-state index in [1.54, 1.807) is 30.5 Å². The molecule has 0 radical (unpaired) electrons. The van der Waals surface area contributed by atoms with Crippen LogP contribution in [-0.2, 0) is 0 Å². The number of hydrogen-bond acceptors (Lipinski definition) is 7. The average Bonchev–Trinajstić information content (AvgIpc) is 3.22. The normalized spacial score (nSPS) is 14.9. The Morgan fingerprint density at radius 3 is 2.70 bits per heavy atom. The third kappa shape index (κ3) is 4.32. The Kier molecular flexibility index (Phi) is 5.73. The van der Waals surface area contributed by atoms with Crippen LogP contribution in [0.25, 0.3) is 11.3 Å². The SMILES string of the molecule is COc1ccc(-c2cc(Nc3ccnc(N4CCC(C(F)F)CC4)n3)on2)c(F)c1. The highest BCUT2D eigenvalue weighted by Crippen LogP contribution is 2.29. The van der Waals surface area contributed by atoms with Crippen LogP contribution in [0.1, 0.15) is 12.8 Å². The van der Waals surface area contributed by atoms with Gasteiger partial charge in [-0.15, -0.1) is 0 Å². The van der Waals surface area contributed by atoms with Crippen molar-refractivity contribution >= 4 is 17.7 Å². The standard InChI is InChI=1S/C20H20F3N5O2/c1-29-13-2-3-14(15(21)10-13)16-11-18(30-27-16)25-17-4-7-24-20(26-17)28-8-5-12(6-9-28)19(22)23/h2-4,7,10-12,19H,5-6,8-9H2,1H3,(H,24,25,26). The number of ether oxygens (including phenoxy) is 1. The van der Waals surface area contributed by atoms with Crippen LogP contribution in [0.2, 0.25) is 0 Å². The fraction of sp³-hybridized carbons (Fsp3) is 0.350. The monoisotopic (exact) mass is 419 g/mol. The van der Waals surface area contributed by atoms with Crippen molar-refractivity contribution in [1.29, 1.82) is 0 Å². The number of piperidine rings is 1. The number of hydrogen-bond donors (Lipinski definition) is 1. The molecule has 3 heterocycles. The molecule has 0 saturated carbocycles. The molecule has 3 aromatic rings. The Labute approximate surface area is 170 Å². The van der Waals surface area contributed by atoms with Crippen LogP contribution < -0.4 is 15.0 Å². The van der Waals surface area contributed by atoms with Crippen LogP contribution in [0.5, 0.6) is 5.75 Å². The van der Waals surface area contributed by atoms with Crippen molar-refractivity contribution in [2.75, 3.05) is 30.4 Å². The Balaban J connectivity index is 1.45. The van der Waals surface area contributed by atoms with Crippen molar-refractivity contribution in [1.82, 2.24) is 15.1 Å². The van der Waals surface area contributed by atoms with Crippen molar-refractivity contribution in [3.8, 4) is 17.0 Å². The number of nitrogens with zero attached hydrogens (tertiary/aromatic N) is 4. The lowest BCUT2D eigenvalue weighted by molar-refractivity contribution is 0.0634. The molecule has 0 bridgehead atoms. The molecule has 0 amide bonds. The van der Waals surface area contributed by atoms with Crippen molar-refractivity contribution < 1.29 is 22.4 Å². The summed E-state index contributed by atoms with van der Waals surface area (Å²) in [6, 6.07) is 7.66. The first-order chi connectivity index (χ1) is 14.5. The zero-order valence-electron chi connectivity index (χ0n) is 16.2. The van der Waals surface area contributed by atoms with E-state index in [0.717, 1.165) is 0 Å². The number of halogens is 3. The second-order valence-electron chi connectivity index (χ2n) is 6.95. The first kappa shape index (κ1) is 20.0. The second-order valence-corrected chi connectivity index (χ2v) is 6.95. The smallest absolute Gasteiger partial charge is 0.241 e. The molecule has 0 aliphatic carbocycles. The van der Waals surface area contributed by atoms with Gasteiger partial charge in [0.15, 0.2) is 0 Å². The van der Waals surface area contributed by atoms with Crippen LogP contribution in [0.15, 0.2) is 41.1 Å². The molecule has 1 saturated heterocycles. The lowest BCUT2D eigenvalue weighted by Crippen LogP contribution is -2.36. The van der Waals surface area contributed by atoms with E-state index < -0.39 is 18.2 Å². The van der Waals surface area contributed by atoms with Crippen LogP contribution in [0.3, 0.4) is 0 Å². The molecule has 1 N–H and O–H groups in total. The summed E-state index contributed by atoms with van der Waals surface area (Å²) in [5.74, 6) is 0.534. The quantitative estimate of drug-likeness (QED) is 0.630. The number of benzene rings is 1. The maximum absolute atomic E-state index is 14.2. The highest BCUT2D eigenvalue weighted by atomic mass is 19.3. The molecule has 158 valence electrons. The van der Waals surface area contributed by atoms with E-state index in [1.165, 1.54) is 13.2 Å². The lowest BCUT2D eigenvalue weighted by Gasteiger charge is -2.31. The summed E-state index contributed by atoms with van der Waals surface area (Å²) in [6.07, 6.45) is 0.0802. The van der Waals surface area contributed by atoms with E-state index in [4.69, 9.17) is 9.26 Å². The molecule has 10 heteroatoms. The van der Waals surface area contributed by atoms with Gasteiger partial charge in [-0.2, -0.15) is 4.98 Å². The van der Waals surface area contributed by atoms with Crippen LogP contribution in [0.4, 0.5) is 30.8 Å². The number of nitrogens with one attached hydrogen (secondary N) is 1. The number of aromatic nitrogens is 3. The first-order valence-corrected chi connectivity index (χ1v) is 9.47. The maximum atomic E-state index is 14.2. The minimum absolute atomic E-state index is 0.276. The van der Waals surface area contributed by atoms with Gasteiger partial charge in [-0.25, -0.2) is 18.2 Å². The molecular formula is C20H20F3N5O2. The number of methoxy groups -OCH3 is 1. The molecule has 2 aromatic heterocycles. The van der Waals surface area contributed by atoms with Crippen LogP contribution >= 0.6 is 0 Å². The summed E-state index contributed by atoms with van der Waals surface area (Å²) in [4.78, 5) is 10.5. The third-order valence-electron chi connectivity index (χ3n) is 5.04. The van der Waals surface area contributed by atoms with Crippen LogP contribution in [0, 0.1) is 11.7 Å². The summed E-state index contributed by atoms with van der Waals surface area (Å²) in [6.45, 7) is 0.948. The molecule has 1 fully saturated rings. The van der Waals surface area contributed by atoms with Gasteiger partial charge >= 0.3 is 0 Å². The van der Waals surface area contributed by atoms with Gasteiger partial charge in [-0.3, -0.25) is 0 Å². The van der Waals surface area contributed by atoms with E-state index in [-0.39, 0.29) is 11.4 Å². The van der Waals surface area contributed by atoms with Gasteiger partial charge in [0.1, 0.15) is 23.1 Å². The van der Waals surface area contributed by atoms with Crippen molar-refractivity contribution in [2.24, 2.45) is 5.92 Å². The fourth-order valence-corrected chi connectivity index (χ4v) is 3.34. The van der Waals surface area contributed by atoms with E-state index in [2.05, 4.69) is 20.4 Å². The molecule has 1 aliphatic heterocycles. The van der Waals surface area contributed by atoms with Crippen molar-refractivity contribution in [2.45, 2.75) is 19.3 Å². The summed E-state index contributed by atoms with van der Waals surface area (Å²) in [7, 11) is 1.46. The molecule has 30 heavy (non-hydrogen) atoms. The summed E-state index contributed by atoms with van der Waals surface area (Å²) < 4.78 is 50.2. The van der Waals surface area contributed by atoms with E-state index in [9.17, 15) is 13.2 Å². The highest BCUT2D eigenvalue weighted by molar-refractivity contribution is 5.65. The molecule has 1 aliphatic rings. The largest absolute Gasteiger partial charge is 0.497 e. The molecule has 4 rings (SSSR count). The molecule has 0 spiro atoms. The predicted octanol–water partition coefficient (Wildman–Crippen LogP) is 4.50. The number of anilines is 3. The zero-order valence-corrected chi connectivity index (χ0v) is 16.2. The maximum Gasteiger partial charge on any atom is 0.241 e. The van der Waals surface area contributed by atoms with Gasteiger partial charge in [0.25, 0.3) is 0 Å².